The molecule has 2 aromatic carbocycles. The topological polar surface area (TPSA) is 83.3 Å². The summed E-state index contributed by atoms with van der Waals surface area (Å²) in [6.45, 7) is 0. The lowest BCUT2D eigenvalue weighted by molar-refractivity contribution is -0.115. The smallest absolute Gasteiger partial charge is 0.265 e. The number of hydrogen-bond donors (Lipinski definition) is 2. The molecule has 28 heavy (non-hydrogen) atoms. The van der Waals surface area contributed by atoms with Gasteiger partial charge in [-0.2, -0.15) is 5.10 Å². The highest BCUT2D eigenvalue weighted by Gasteiger charge is 2.34. The third-order valence-corrected chi connectivity index (χ3v) is 4.74. The van der Waals surface area contributed by atoms with Crippen LogP contribution in [0.5, 0.6) is 0 Å². The summed E-state index contributed by atoms with van der Waals surface area (Å²) >= 11 is 11.2. The lowest BCUT2D eigenvalue weighted by Gasteiger charge is -2.33. The van der Waals surface area contributed by atoms with E-state index in [4.69, 9.17) is 23.8 Å². The van der Waals surface area contributed by atoms with E-state index in [2.05, 4.69) is 15.4 Å². The fraction of sp³-hybridized carbons (Fsp3) is 0.0526. The highest BCUT2D eigenvalue weighted by atomic mass is 35.5. The molecule has 2 N–H and O–H groups in total. The summed E-state index contributed by atoms with van der Waals surface area (Å²) in [5, 5.41) is 17.8. The van der Waals surface area contributed by atoms with Gasteiger partial charge in [0.25, 0.3) is 5.91 Å². The Labute approximate surface area is 170 Å². The Balaban J connectivity index is 1.64. The van der Waals surface area contributed by atoms with Gasteiger partial charge in [0.1, 0.15) is 12.7 Å². The zero-order valence-electron chi connectivity index (χ0n) is 14.4. The summed E-state index contributed by atoms with van der Waals surface area (Å²) in [5.41, 5.74) is 2.32. The molecule has 1 amide bonds. The van der Waals surface area contributed by atoms with Crippen LogP contribution in [0.3, 0.4) is 0 Å². The van der Waals surface area contributed by atoms with Crippen LogP contribution in [0.1, 0.15) is 5.56 Å². The van der Waals surface area contributed by atoms with Crippen molar-refractivity contribution in [1.29, 1.82) is 0 Å². The van der Waals surface area contributed by atoms with Crippen LogP contribution in [0.25, 0.3) is 11.8 Å². The predicted molar refractivity (Wildman–Crippen MR) is 110 cm³/mol. The third-order valence-electron chi connectivity index (χ3n) is 4.19. The predicted octanol–water partition coefficient (Wildman–Crippen LogP) is 2.54. The minimum Gasteiger partial charge on any atom is -0.369 e. The summed E-state index contributed by atoms with van der Waals surface area (Å²) < 4.78 is 1.62. The molecule has 7 nitrogen and oxygen atoms in total. The van der Waals surface area contributed by atoms with Gasteiger partial charge in [-0.1, -0.05) is 23.7 Å². The van der Waals surface area contributed by atoms with Crippen LogP contribution >= 0.6 is 23.8 Å². The first-order valence-corrected chi connectivity index (χ1v) is 9.07. The molecule has 4 rings (SSSR count). The molecule has 1 aromatic heterocycles. The summed E-state index contributed by atoms with van der Waals surface area (Å²) in [6, 6.07) is 14.1. The number of hydrogen-bond acceptors (Lipinski definition) is 5. The Kier molecular flexibility index (Phi) is 4.91. The molecule has 1 aliphatic rings. The summed E-state index contributed by atoms with van der Waals surface area (Å²) in [5.74, 6) is -0.404. The number of amides is 1. The van der Waals surface area contributed by atoms with E-state index in [0.29, 0.717) is 10.7 Å². The second-order valence-corrected chi connectivity index (χ2v) is 6.82. The maximum Gasteiger partial charge on any atom is 0.265 e. The number of rotatable bonds is 3. The van der Waals surface area contributed by atoms with Gasteiger partial charge in [-0.3, -0.25) is 9.69 Å². The molecule has 1 unspecified atom stereocenters. The first-order valence-electron chi connectivity index (χ1n) is 8.28. The molecular formula is C19H14ClN5O2S. The Bertz CT molecular complexity index is 1050. The Morgan fingerprint density at radius 3 is 2.43 bits per heavy atom. The number of halogens is 1. The third kappa shape index (κ3) is 3.53. The molecule has 9 heteroatoms. The van der Waals surface area contributed by atoms with Gasteiger partial charge in [0.15, 0.2) is 11.3 Å². The monoisotopic (exact) mass is 411 g/mol. The molecule has 0 aliphatic carbocycles. The van der Waals surface area contributed by atoms with Crippen molar-refractivity contribution in [1.82, 2.24) is 20.1 Å². The molecule has 0 bridgehead atoms. The van der Waals surface area contributed by atoms with Gasteiger partial charge < -0.3 is 10.4 Å². The summed E-state index contributed by atoms with van der Waals surface area (Å²) in [4.78, 5) is 18.2. The number of benzene rings is 2. The van der Waals surface area contributed by atoms with E-state index in [1.54, 1.807) is 41.4 Å². The van der Waals surface area contributed by atoms with Gasteiger partial charge in [-0.25, -0.2) is 9.67 Å². The van der Waals surface area contributed by atoms with Crippen molar-refractivity contribution in [3.05, 3.63) is 77.3 Å². The van der Waals surface area contributed by atoms with Crippen LogP contribution in [-0.4, -0.2) is 37.1 Å². The van der Waals surface area contributed by atoms with Crippen molar-refractivity contribution in [2.24, 2.45) is 0 Å². The molecule has 1 aliphatic heterocycles. The van der Waals surface area contributed by atoms with Gasteiger partial charge in [0, 0.05) is 5.02 Å². The van der Waals surface area contributed by atoms with Crippen LogP contribution in [0.15, 0.2) is 66.8 Å². The van der Waals surface area contributed by atoms with E-state index in [-0.39, 0.29) is 10.7 Å². The summed E-state index contributed by atoms with van der Waals surface area (Å²) in [6.07, 6.45) is 3.47. The Hall–Kier alpha value is -3.07. The molecule has 1 saturated heterocycles. The van der Waals surface area contributed by atoms with Gasteiger partial charge in [0.2, 0.25) is 0 Å². The number of nitrogens with zero attached hydrogens (tertiary/aromatic N) is 4. The minimum absolute atomic E-state index is 0.124. The van der Waals surface area contributed by atoms with E-state index in [9.17, 15) is 9.90 Å². The quantitative estimate of drug-likeness (QED) is 0.509. The average molecular weight is 412 g/mol. The number of anilines is 1. The fourth-order valence-corrected chi connectivity index (χ4v) is 3.23. The van der Waals surface area contributed by atoms with Crippen molar-refractivity contribution in [3.8, 4) is 5.69 Å². The molecule has 0 spiro atoms. The number of aliphatic hydroxyl groups excluding tert-OH is 1. The van der Waals surface area contributed by atoms with Crippen LogP contribution in [0, 0.1) is 0 Å². The normalized spacial score (nSPS) is 18.4. The van der Waals surface area contributed by atoms with E-state index < -0.39 is 12.1 Å². The lowest BCUT2D eigenvalue weighted by Crippen LogP contribution is -2.56. The number of carbonyl (C=O) groups excluding carboxylic acids is 1. The second-order valence-electron chi connectivity index (χ2n) is 6.00. The molecule has 3 aromatic rings. The van der Waals surface area contributed by atoms with Gasteiger partial charge in [0.05, 0.1) is 16.9 Å². The first kappa shape index (κ1) is 18.3. The van der Waals surface area contributed by atoms with Crippen LogP contribution in [0.4, 0.5) is 5.69 Å². The number of aromatic nitrogens is 3. The largest absolute Gasteiger partial charge is 0.369 e. The molecule has 0 saturated carbocycles. The first-order chi connectivity index (χ1) is 13.5. The highest BCUT2D eigenvalue weighted by Crippen LogP contribution is 2.25. The van der Waals surface area contributed by atoms with E-state index in [0.717, 1.165) is 11.3 Å². The summed E-state index contributed by atoms with van der Waals surface area (Å²) in [7, 11) is 0. The molecule has 140 valence electrons. The van der Waals surface area contributed by atoms with Gasteiger partial charge in [-0.15, -0.1) is 0 Å². The van der Waals surface area contributed by atoms with Crippen LogP contribution < -0.4 is 10.2 Å². The fourth-order valence-electron chi connectivity index (χ4n) is 2.81. The molecule has 0 radical (unpaired) electrons. The SMILES string of the molecule is O=C1/C(=C/c2ccc(-n3cncn3)cc2)C(O)NC(=S)N1c1ccc(Cl)cc1. The maximum atomic E-state index is 13.0. The highest BCUT2D eigenvalue weighted by molar-refractivity contribution is 7.80. The maximum absolute atomic E-state index is 13.0. The average Bonchev–Trinajstić information content (AvgIpc) is 3.22. The Morgan fingerprint density at radius 2 is 1.79 bits per heavy atom. The van der Waals surface area contributed by atoms with Crippen LogP contribution in [-0.2, 0) is 4.79 Å². The van der Waals surface area contributed by atoms with Gasteiger partial charge in [-0.05, 0) is 60.3 Å². The van der Waals surface area contributed by atoms with E-state index in [1.165, 1.54) is 11.2 Å². The van der Waals surface area contributed by atoms with Crippen molar-refractivity contribution in [2.45, 2.75) is 6.23 Å². The van der Waals surface area contributed by atoms with Crippen molar-refractivity contribution in [2.75, 3.05) is 4.90 Å². The zero-order valence-corrected chi connectivity index (χ0v) is 15.9. The van der Waals surface area contributed by atoms with Crippen molar-refractivity contribution < 1.29 is 9.90 Å². The minimum atomic E-state index is -1.20. The van der Waals surface area contributed by atoms with E-state index in [1.807, 2.05) is 24.3 Å². The molecule has 1 atom stereocenters. The Morgan fingerprint density at radius 1 is 1.11 bits per heavy atom. The second kappa shape index (κ2) is 7.51. The van der Waals surface area contributed by atoms with Crippen molar-refractivity contribution in [3.63, 3.8) is 0 Å². The van der Waals surface area contributed by atoms with Crippen LogP contribution in [0.2, 0.25) is 5.02 Å². The van der Waals surface area contributed by atoms with Gasteiger partial charge >= 0.3 is 0 Å². The molecule has 1 fully saturated rings. The number of nitrogens with one attached hydrogen (secondary N) is 1. The number of carbonyl (C=O) groups is 1. The number of thiocarbonyl (C=S) groups is 1. The standard InChI is InChI=1S/C19H14ClN5O2S/c20-13-3-7-15(8-4-13)25-18(27)16(17(26)23-19(25)28)9-12-1-5-14(6-2-12)24-11-21-10-22-24/h1-11,17,26H,(H,23,28)/b16-9+. The van der Waals surface area contributed by atoms with E-state index >= 15 is 0 Å². The van der Waals surface area contributed by atoms with Crippen molar-refractivity contribution >= 4 is 46.6 Å². The lowest BCUT2D eigenvalue weighted by atomic mass is 10.1. The number of aliphatic hydroxyl groups is 1. The zero-order chi connectivity index (χ0) is 19.7. The molecule has 2 heterocycles. The molecular weight excluding hydrogens is 398 g/mol.